The van der Waals surface area contributed by atoms with Gasteiger partial charge in [-0.05, 0) is 61.1 Å². The first-order valence-corrected chi connectivity index (χ1v) is 11.2. The molecule has 0 bridgehead atoms. The maximum Gasteiger partial charge on any atom is 0.303 e. The van der Waals surface area contributed by atoms with Gasteiger partial charge in [0, 0.05) is 19.0 Å². The lowest BCUT2D eigenvalue weighted by Gasteiger charge is -2.32. The molecule has 0 unspecified atom stereocenters. The van der Waals surface area contributed by atoms with Gasteiger partial charge in [-0.2, -0.15) is 0 Å². The number of carboxylic acid groups (broad SMARTS) is 1. The molecule has 4 rings (SSSR count). The predicted molar refractivity (Wildman–Crippen MR) is 125 cm³/mol. The maximum atomic E-state index is 13.6. The Morgan fingerprint density at radius 3 is 2.75 bits per heavy atom. The number of hydrogen-bond donors (Lipinski definition) is 2. The van der Waals surface area contributed by atoms with Crippen LogP contribution >= 0.6 is 0 Å². The Hall–Kier alpha value is -3.21. The Kier molecular flexibility index (Phi) is 6.84. The summed E-state index contributed by atoms with van der Waals surface area (Å²) in [6.07, 6.45) is 4.63. The average Bonchev–Trinajstić information content (AvgIpc) is 2.79. The lowest BCUT2D eigenvalue weighted by Crippen LogP contribution is -2.29. The fourth-order valence-electron chi connectivity index (χ4n) is 4.79. The molecule has 5 heteroatoms. The fourth-order valence-corrected chi connectivity index (χ4v) is 4.79. The van der Waals surface area contributed by atoms with Crippen LogP contribution in [-0.4, -0.2) is 22.6 Å². The second-order valence-corrected chi connectivity index (χ2v) is 8.71. The van der Waals surface area contributed by atoms with Crippen molar-refractivity contribution in [2.45, 2.75) is 44.9 Å². The summed E-state index contributed by atoms with van der Waals surface area (Å²) in [6.45, 7) is 2.85. The van der Waals surface area contributed by atoms with E-state index in [9.17, 15) is 9.18 Å². The van der Waals surface area contributed by atoms with Gasteiger partial charge in [0.25, 0.3) is 0 Å². The van der Waals surface area contributed by atoms with E-state index in [-0.39, 0.29) is 12.2 Å². The molecule has 3 aromatic rings. The molecule has 0 radical (unpaired) electrons. The number of pyridine rings is 1. The Morgan fingerprint density at radius 1 is 1.16 bits per heavy atom. The molecule has 1 aliphatic rings. The fraction of sp³-hybridized carbons (Fsp3) is 0.333. The zero-order chi connectivity index (χ0) is 22.5. The molecule has 0 amide bonds. The summed E-state index contributed by atoms with van der Waals surface area (Å²) in [6, 6.07) is 18.4. The normalized spacial score (nSPS) is 16.1. The van der Waals surface area contributed by atoms with E-state index in [4.69, 9.17) is 5.11 Å². The molecule has 0 saturated heterocycles. The van der Waals surface area contributed by atoms with Crippen molar-refractivity contribution in [3.8, 4) is 0 Å². The number of benzene rings is 2. The van der Waals surface area contributed by atoms with Crippen LogP contribution in [0.25, 0.3) is 0 Å². The van der Waals surface area contributed by atoms with Crippen molar-refractivity contribution in [2.24, 2.45) is 5.92 Å². The zero-order valence-corrected chi connectivity index (χ0v) is 18.4. The quantitative estimate of drug-likeness (QED) is 0.490. The van der Waals surface area contributed by atoms with Gasteiger partial charge < -0.3 is 10.4 Å². The smallest absolute Gasteiger partial charge is 0.303 e. The van der Waals surface area contributed by atoms with Crippen molar-refractivity contribution in [1.82, 2.24) is 4.98 Å². The van der Waals surface area contributed by atoms with Crippen molar-refractivity contribution in [3.05, 3.63) is 94.6 Å². The van der Waals surface area contributed by atoms with Crippen LogP contribution in [0.15, 0.2) is 60.8 Å². The first kappa shape index (κ1) is 22.0. The van der Waals surface area contributed by atoms with Gasteiger partial charge in [0.15, 0.2) is 0 Å². The highest BCUT2D eigenvalue weighted by atomic mass is 19.1. The standard InChI is InChI=1S/C27H29FN2O2/c1-18-7-8-19(10-12-27(31)32)21(13-18)9-11-24(20-5-3-2-4-6-20)22-14-25-26(29-16-22)15-23(28)17-30-25/h2-8,13,15,17,22,24,29H,9-12,14,16H2,1H3,(H,31,32)/t22-,24+/m0/s1. The molecule has 2 atom stereocenters. The van der Waals surface area contributed by atoms with Crippen molar-refractivity contribution < 1.29 is 14.3 Å². The van der Waals surface area contributed by atoms with Crippen molar-refractivity contribution in [3.63, 3.8) is 0 Å². The highest BCUT2D eigenvalue weighted by molar-refractivity contribution is 5.67. The number of fused-ring (bicyclic) bond motifs is 1. The van der Waals surface area contributed by atoms with E-state index in [1.807, 2.05) is 6.07 Å². The van der Waals surface area contributed by atoms with E-state index >= 15 is 0 Å². The van der Waals surface area contributed by atoms with Crippen LogP contribution in [0, 0.1) is 18.7 Å². The first-order chi connectivity index (χ1) is 15.5. The van der Waals surface area contributed by atoms with Gasteiger partial charge in [-0.25, -0.2) is 4.39 Å². The van der Waals surface area contributed by atoms with E-state index < -0.39 is 5.97 Å². The maximum absolute atomic E-state index is 13.6. The minimum atomic E-state index is -0.769. The predicted octanol–water partition coefficient (Wildman–Crippen LogP) is 5.55. The summed E-state index contributed by atoms with van der Waals surface area (Å²) in [7, 11) is 0. The number of anilines is 1. The van der Waals surface area contributed by atoms with Crippen molar-refractivity contribution >= 4 is 11.7 Å². The number of carboxylic acids is 1. The molecule has 0 saturated carbocycles. The first-order valence-electron chi connectivity index (χ1n) is 11.2. The number of rotatable bonds is 8. The Balaban J connectivity index is 1.56. The Labute approximate surface area is 188 Å². The third kappa shape index (κ3) is 5.34. The van der Waals surface area contributed by atoms with E-state index in [0.717, 1.165) is 42.8 Å². The van der Waals surface area contributed by atoms with Crippen LogP contribution in [0.5, 0.6) is 0 Å². The molecule has 4 nitrogen and oxygen atoms in total. The molecule has 2 heterocycles. The van der Waals surface area contributed by atoms with Gasteiger partial charge in [0.1, 0.15) is 5.82 Å². The number of hydrogen-bond acceptors (Lipinski definition) is 3. The molecule has 0 aliphatic carbocycles. The van der Waals surface area contributed by atoms with Gasteiger partial charge in [-0.15, -0.1) is 0 Å². The lowest BCUT2D eigenvalue weighted by molar-refractivity contribution is -0.136. The van der Waals surface area contributed by atoms with E-state index in [2.05, 4.69) is 59.7 Å². The van der Waals surface area contributed by atoms with Crippen LogP contribution in [0.4, 0.5) is 10.1 Å². The van der Waals surface area contributed by atoms with Crippen LogP contribution in [-0.2, 0) is 24.1 Å². The number of nitrogens with one attached hydrogen (secondary N) is 1. The molecule has 1 aromatic heterocycles. The number of carbonyl (C=O) groups is 1. The second kappa shape index (κ2) is 9.94. The summed E-state index contributed by atoms with van der Waals surface area (Å²) in [5.74, 6) is -0.427. The second-order valence-electron chi connectivity index (χ2n) is 8.71. The molecule has 1 aliphatic heterocycles. The molecule has 32 heavy (non-hydrogen) atoms. The summed E-state index contributed by atoms with van der Waals surface area (Å²) in [5.41, 5.74) is 6.55. The topological polar surface area (TPSA) is 62.2 Å². The molecule has 2 aromatic carbocycles. The third-order valence-electron chi connectivity index (χ3n) is 6.44. The number of aliphatic carboxylic acids is 1. The molecular weight excluding hydrogens is 403 g/mol. The zero-order valence-electron chi connectivity index (χ0n) is 18.4. The third-order valence-corrected chi connectivity index (χ3v) is 6.44. The van der Waals surface area contributed by atoms with Crippen molar-refractivity contribution in [2.75, 3.05) is 11.9 Å². The SMILES string of the molecule is Cc1ccc(CCC(=O)O)c(CC[C@H](c2ccccc2)[C@@H]2CNc3cc(F)cnc3C2)c1. The van der Waals surface area contributed by atoms with Gasteiger partial charge >= 0.3 is 5.97 Å². The summed E-state index contributed by atoms with van der Waals surface area (Å²) in [5, 5.41) is 12.5. The molecule has 166 valence electrons. The van der Waals surface area contributed by atoms with Gasteiger partial charge in [0.05, 0.1) is 17.6 Å². The monoisotopic (exact) mass is 432 g/mol. The van der Waals surface area contributed by atoms with E-state index in [1.165, 1.54) is 29.0 Å². The molecule has 0 fully saturated rings. The van der Waals surface area contributed by atoms with Crippen LogP contribution < -0.4 is 5.32 Å². The molecule has 0 spiro atoms. The van der Waals surface area contributed by atoms with E-state index in [0.29, 0.717) is 18.3 Å². The van der Waals surface area contributed by atoms with Gasteiger partial charge in [-0.3, -0.25) is 9.78 Å². The average molecular weight is 433 g/mol. The Morgan fingerprint density at radius 2 is 1.97 bits per heavy atom. The van der Waals surface area contributed by atoms with Crippen LogP contribution in [0.3, 0.4) is 0 Å². The summed E-state index contributed by atoms with van der Waals surface area (Å²) >= 11 is 0. The van der Waals surface area contributed by atoms with E-state index in [1.54, 1.807) is 0 Å². The van der Waals surface area contributed by atoms with Crippen LogP contribution in [0.2, 0.25) is 0 Å². The lowest BCUT2D eigenvalue weighted by atomic mass is 9.77. The number of nitrogens with zero attached hydrogens (tertiary/aromatic N) is 1. The summed E-state index contributed by atoms with van der Waals surface area (Å²) < 4.78 is 13.6. The van der Waals surface area contributed by atoms with Gasteiger partial charge in [-0.1, -0.05) is 54.1 Å². The van der Waals surface area contributed by atoms with Crippen LogP contribution in [0.1, 0.15) is 46.7 Å². The number of aromatic nitrogens is 1. The molecular formula is C27H29FN2O2. The Bertz CT molecular complexity index is 1080. The highest BCUT2D eigenvalue weighted by Crippen LogP contribution is 2.36. The number of halogens is 1. The minimum Gasteiger partial charge on any atom is -0.481 e. The van der Waals surface area contributed by atoms with Gasteiger partial charge in [0.2, 0.25) is 0 Å². The summed E-state index contributed by atoms with van der Waals surface area (Å²) in [4.78, 5) is 15.4. The highest BCUT2D eigenvalue weighted by Gasteiger charge is 2.28. The number of aryl methyl sites for hydroxylation is 3. The van der Waals surface area contributed by atoms with Crippen molar-refractivity contribution in [1.29, 1.82) is 0 Å². The molecule has 2 N–H and O–H groups in total. The largest absolute Gasteiger partial charge is 0.481 e. The minimum absolute atomic E-state index is 0.143.